The van der Waals surface area contributed by atoms with Gasteiger partial charge in [0.05, 0.1) is 11.1 Å². The highest BCUT2D eigenvalue weighted by Gasteiger charge is 2.22. The molecule has 25 heavy (non-hydrogen) atoms. The molecule has 2 rings (SSSR count). The molecule has 0 aliphatic heterocycles. The number of aromatic carboxylic acids is 1. The van der Waals surface area contributed by atoms with Crippen molar-refractivity contribution in [3.05, 3.63) is 58.9 Å². The Morgan fingerprint density at radius 3 is 2.64 bits per heavy atom. The van der Waals surface area contributed by atoms with Gasteiger partial charge in [-0.1, -0.05) is 24.6 Å². The number of esters is 1. The molecule has 1 unspecified atom stereocenters. The quantitative estimate of drug-likeness (QED) is 0.604. The third kappa shape index (κ3) is 5.02. The van der Waals surface area contributed by atoms with Gasteiger partial charge in [0.25, 0.3) is 5.91 Å². The van der Waals surface area contributed by atoms with Crippen molar-refractivity contribution in [1.82, 2.24) is 4.98 Å². The summed E-state index contributed by atoms with van der Waals surface area (Å²) in [7, 11) is 0. The molecule has 8 heteroatoms. The third-order valence-corrected chi connectivity index (χ3v) is 3.46. The molecule has 0 saturated carbocycles. The lowest BCUT2D eigenvalue weighted by molar-refractivity contribution is -0.124. The van der Waals surface area contributed by atoms with Crippen LogP contribution in [0.5, 0.6) is 0 Å². The van der Waals surface area contributed by atoms with Gasteiger partial charge in [0.15, 0.2) is 6.10 Å². The van der Waals surface area contributed by atoms with Crippen LogP contribution in [-0.2, 0) is 9.53 Å². The van der Waals surface area contributed by atoms with Crippen molar-refractivity contribution < 1.29 is 24.2 Å². The number of carbonyl (C=O) groups is 3. The fourth-order valence-electron chi connectivity index (χ4n) is 2.00. The van der Waals surface area contributed by atoms with Gasteiger partial charge in [0, 0.05) is 11.9 Å². The molecule has 7 nitrogen and oxygen atoms in total. The Balaban J connectivity index is 2.07. The largest absolute Gasteiger partial charge is 0.478 e. The van der Waals surface area contributed by atoms with Crippen molar-refractivity contribution in [3.8, 4) is 0 Å². The van der Waals surface area contributed by atoms with E-state index in [4.69, 9.17) is 21.4 Å². The van der Waals surface area contributed by atoms with E-state index in [1.165, 1.54) is 36.5 Å². The first-order valence-electron chi connectivity index (χ1n) is 7.37. The number of amides is 1. The van der Waals surface area contributed by atoms with Gasteiger partial charge in [-0.3, -0.25) is 4.79 Å². The number of hydrogen-bond donors (Lipinski definition) is 2. The lowest BCUT2D eigenvalue weighted by Crippen LogP contribution is -2.32. The van der Waals surface area contributed by atoms with Crippen molar-refractivity contribution in [1.29, 1.82) is 0 Å². The number of halogens is 1. The highest BCUT2D eigenvalue weighted by atomic mass is 35.5. The normalized spacial score (nSPS) is 11.4. The minimum atomic E-state index is -1.11. The number of hydrogen-bond acceptors (Lipinski definition) is 5. The number of ether oxygens (including phenoxy) is 1. The molecule has 1 amide bonds. The topological polar surface area (TPSA) is 106 Å². The maximum absolute atomic E-state index is 12.3. The molecule has 0 aliphatic rings. The number of pyridine rings is 1. The van der Waals surface area contributed by atoms with Crippen molar-refractivity contribution in [2.45, 2.75) is 19.4 Å². The van der Waals surface area contributed by atoms with E-state index in [-0.39, 0.29) is 22.7 Å². The number of rotatable bonds is 6. The summed E-state index contributed by atoms with van der Waals surface area (Å²) in [6, 6.07) is 8.53. The number of carbonyl (C=O) groups excluding carboxylic acids is 2. The molecular weight excluding hydrogens is 348 g/mol. The van der Waals surface area contributed by atoms with Crippen molar-refractivity contribution in [3.63, 3.8) is 0 Å². The molecule has 2 aromatic rings. The standard InChI is InChI=1S/C17H15ClN2O5/c1-2-13(25-17(24)11-6-7-19-14(18)9-11)15(21)20-12-5-3-4-10(8-12)16(22)23/h3-9,13H,2H2,1H3,(H,20,21)(H,22,23). The summed E-state index contributed by atoms with van der Waals surface area (Å²) in [4.78, 5) is 39.1. The van der Waals surface area contributed by atoms with Crippen LogP contribution < -0.4 is 5.32 Å². The first-order valence-corrected chi connectivity index (χ1v) is 7.75. The van der Waals surface area contributed by atoms with Gasteiger partial charge in [-0.2, -0.15) is 0 Å². The van der Waals surface area contributed by atoms with E-state index in [1.54, 1.807) is 13.0 Å². The molecule has 0 aliphatic carbocycles. The number of nitrogens with one attached hydrogen (secondary N) is 1. The Bertz CT molecular complexity index is 809. The second-order valence-corrected chi connectivity index (χ2v) is 5.43. The zero-order valence-electron chi connectivity index (χ0n) is 13.2. The minimum absolute atomic E-state index is 0.0364. The Morgan fingerprint density at radius 1 is 1.24 bits per heavy atom. The van der Waals surface area contributed by atoms with Crippen LogP contribution >= 0.6 is 11.6 Å². The third-order valence-electron chi connectivity index (χ3n) is 3.25. The lowest BCUT2D eigenvalue weighted by atomic mass is 10.2. The second kappa shape index (κ2) is 8.25. The van der Waals surface area contributed by atoms with Crippen LogP contribution in [0.15, 0.2) is 42.6 Å². The van der Waals surface area contributed by atoms with Gasteiger partial charge in [-0.05, 0) is 36.8 Å². The molecule has 0 bridgehead atoms. The molecule has 2 N–H and O–H groups in total. The number of nitrogens with zero attached hydrogens (tertiary/aromatic N) is 1. The smallest absolute Gasteiger partial charge is 0.339 e. The molecule has 1 aromatic heterocycles. The molecule has 1 atom stereocenters. The van der Waals surface area contributed by atoms with Crippen LogP contribution in [-0.4, -0.2) is 34.0 Å². The molecule has 130 valence electrons. The van der Waals surface area contributed by atoms with Crippen molar-refractivity contribution >= 4 is 35.1 Å². The second-order valence-electron chi connectivity index (χ2n) is 5.04. The van der Waals surface area contributed by atoms with Crippen LogP contribution in [0.25, 0.3) is 0 Å². The summed E-state index contributed by atoms with van der Waals surface area (Å²) >= 11 is 5.72. The number of carboxylic acid groups (broad SMARTS) is 1. The van der Waals surface area contributed by atoms with E-state index in [0.29, 0.717) is 5.69 Å². The summed E-state index contributed by atoms with van der Waals surface area (Å²) in [5, 5.41) is 11.6. The fourth-order valence-corrected chi connectivity index (χ4v) is 2.18. The van der Waals surface area contributed by atoms with E-state index >= 15 is 0 Å². The zero-order chi connectivity index (χ0) is 18.4. The van der Waals surface area contributed by atoms with Gasteiger partial charge in [0.1, 0.15) is 5.15 Å². The monoisotopic (exact) mass is 362 g/mol. The summed E-state index contributed by atoms with van der Waals surface area (Å²) in [6.07, 6.45) is 0.569. The van der Waals surface area contributed by atoms with Crippen LogP contribution in [0.4, 0.5) is 5.69 Å². The minimum Gasteiger partial charge on any atom is -0.478 e. The Morgan fingerprint density at radius 2 is 2.00 bits per heavy atom. The molecule has 1 aromatic carbocycles. The summed E-state index contributed by atoms with van der Waals surface area (Å²) in [5.41, 5.74) is 0.514. The molecule has 0 fully saturated rings. The number of aromatic nitrogens is 1. The Kier molecular flexibility index (Phi) is 6.08. The van der Waals surface area contributed by atoms with Crippen molar-refractivity contribution in [2.75, 3.05) is 5.32 Å². The first kappa shape index (κ1) is 18.4. The van der Waals surface area contributed by atoms with Crippen LogP contribution in [0, 0.1) is 0 Å². The zero-order valence-corrected chi connectivity index (χ0v) is 14.0. The average molecular weight is 363 g/mol. The van der Waals surface area contributed by atoms with Gasteiger partial charge < -0.3 is 15.2 Å². The Labute approximate surface area is 148 Å². The van der Waals surface area contributed by atoms with E-state index < -0.39 is 23.9 Å². The number of anilines is 1. The van der Waals surface area contributed by atoms with Gasteiger partial charge in [0.2, 0.25) is 0 Å². The van der Waals surface area contributed by atoms with Crippen molar-refractivity contribution in [2.24, 2.45) is 0 Å². The predicted molar refractivity (Wildman–Crippen MR) is 90.8 cm³/mol. The van der Waals surface area contributed by atoms with Crippen LogP contribution in [0.2, 0.25) is 5.15 Å². The SMILES string of the molecule is CCC(OC(=O)c1ccnc(Cl)c1)C(=O)Nc1cccc(C(=O)O)c1. The molecule has 1 heterocycles. The predicted octanol–water partition coefficient (Wildman–Crippen LogP) is 3.01. The highest BCUT2D eigenvalue weighted by molar-refractivity contribution is 6.29. The van der Waals surface area contributed by atoms with Crippen LogP contribution in [0.1, 0.15) is 34.1 Å². The number of benzene rings is 1. The van der Waals surface area contributed by atoms with Gasteiger partial charge >= 0.3 is 11.9 Å². The molecule has 0 radical (unpaired) electrons. The maximum Gasteiger partial charge on any atom is 0.339 e. The molecule has 0 saturated heterocycles. The fraction of sp³-hybridized carbons (Fsp3) is 0.176. The first-order chi connectivity index (χ1) is 11.9. The number of carboxylic acids is 1. The average Bonchev–Trinajstić information content (AvgIpc) is 2.59. The Hall–Kier alpha value is -2.93. The van der Waals surface area contributed by atoms with Gasteiger partial charge in [-0.25, -0.2) is 14.6 Å². The van der Waals surface area contributed by atoms with E-state index in [0.717, 1.165) is 0 Å². The van der Waals surface area contributed by atoms with E-state index in [9.17, 15) is 14.4 Å². The summed E-state index contributed by atoms with van der Waals surface area (Å²) < 4.78 is 5.20. The summed E-state index contributed by atoms with van der Waals surface area (Å²) in [6.45, 7) is 1.69. The molecular formula is C17H15ClN2O5. The molecule has 0 spiro atoms. The van der Waals surface area contributed by atoms with E-state index in [1.807, 2.05) is 0 Å². The summed E-state index contributed by atoms with van der Waals surface area (Å²) in [5.74, 6) is -2.37. The lowest BCUT2D eigenvalue weighted by Gasteiger charge is -2.16. The maximum atomic E-state index is 12.3. The van der Waals surface area contributed by atoms with Gasteiger partial charge in [-0.15, -0.1) is 0 Å². The van der Waals surface area contributed by atoms with Crippen LogP contribution in [0.3, 0.4) is 0 Å². The van der Waals surface area contributed by atoms with E-state index in [2.05, 4.69) is 10.3 Å². The highest BCUT2D eigenvalue weighted by Crippen LogP contribution is 2.14.